The van der Waals surface area contributed by atoms with E-state index in [1.165, 1.54) is 11.1 Å². The lowest BCUT2D eigenvalue weighted by Crippen LogP contribution is -2.22. The summed E-state index contributed by atoms with van der Waals surface area (Å²) >= 11 is 0. The Labute approximate surface area is 280 Å². The number of likely N-dealkylation sites (N-methyl/N-ethyl adjacent to an activating group) is 1. The lowest BCUT2D eigenvalue weighted by Gasteiger charge is -2.28. The summed E-state index contributed by atoms with van der Waals surface area (Å²) in [6.07, 6.45) is 11.9. The van der Waals surface area contributed by atoms with Crippen molar-refractivity contribution in [2.24, 2.45) is 0 Å². The van der Waals surface area contributed by atoms with Crippen molar-refractivity contribution in [2.45, 2.75) is 25.7 Å². The molecule has 7 nitrogen and oxygen atoms in total. The van der Waals surface area contributed by atoms with Crippen LogP contribution in [0.1, 0.15) is 44.7 Å². The predicted molar refractivity (Wildman–Crippen MR) is 187 cm³/mol. The molecule has 4 aromatic carbocycles. The van der Waals surface area contributed by atoms with Crippen LogP contribution in [0.4, 0.5) is 22.7 Å². The van der Waals surface area contributed by atoms with Crippen LogP contribution < -0.4 is 14.9 Å². The van der Waals surface area contributed by atoms with Crippen LogP contribution in [0.3, 0.4) is 0 Å². The van der Waals surface area contributed by atoms with Crippen molar-refractivity contribution in [3.8, 4) is 0 Å². The highest BCUT2D eigenvalue weighted by Crippen LogP contribution is 2.42. The van der Waals surface area contributed by atoms with Gasteiger partial charge >= 0.3 is 5.97 Å². The normalized spacial score (nSPS) is 17.2. The molecule has 0 atom stereocenters. The molecule has 0 fully saturated rings. The minimum Gasteiger partial charge on any atom is -0.545 e. The highest BCUT2D eigenvalue weighted by Gasteiger charge is 2.29. The highest BCUT2D eigenvalue weighted by atomic mass is 16.4. The molecule has 0 aromatic heterocycles. The molecule has 7 heteroatoms. The maximum absolute atomic E-state index is 11.6. The number of anilines is 3. The molecule has 1 aliphatic carbocycles. The number of hydrogen-bond acceptors (Lipinski definition) is 5. The van der Waals surface area contributed by atoms with Crippen molar-refractivity contribution >= 4 is 40.4 Å². The SMILES string of the molecule is CN1C(=C/C=C2\CCC(C=CC3=[N+](C)c4cc(C(=O)[O-])ccc4C3)=C2N(c2ccccc2)c2ccccc2)Cc2ccc(C(=O)O)cc21. The van der Waals surface area contributed by atoms with E-state index in [0.29, 0.717) is 6.42 Å². The first-order valence-corrected chi connectivity index (χ1v) is 16.0. The van der Waals surface area contributed by atoms with Gasteiger partial charge in [-0.25, -0.2) is 4.79 Å². The van der Waals surface area contributed by atoms with E-state index in [4.69, 9.17) is 0 Å². The summed E-state index contributed by atoms with van der Waals surface area (Å²) in [5, 5.41) is 21.0. The van der Waals surface area contributed by atoms with Crippen LogP contribution in [0.2, 0.25) is 0 Å². The number of para-hydroxylation sites is 2. The summed E-state index contributed by atoms with van der Waals surface area (Å²) in [7, 11) is 3.96. The first-order chi connectivity index (χ1) is 23.3. The first-order valence-electron chi connectivity index (χ1n) is 16.0. The molecule has 2 heterocycles. The van der Waals surface area contributed by atoms with Crippen molar-refractivity contribution in [3.05, 3.63) is 166 Å². The number of nitrogens with zero attached hydrogens (tertiary/aromatic N) is 3. The maximum Gasteiger partial charge on any atom is 0.335 e. The molecule has 0 radical (unpaired) electrons. The van der Waals surface area contributed by atoms with Gasteiger partial charge in [-0.05, 0) is 72.0 Å². The van der Waals surface area contributed by atoms with Crippen molar-refractivity contribution < 1.29 is 24.4 Å². The van der Waals surface area contributed by atoms with E-state index in [1.807, 2.05) is 38.4 Å². The van der Waals surface area contributed by atoms with E-state index in [1.54, 1.807) is 24.3 Å². The fourth-order valence-electron chi connectivity index (χ4n) is 6.87. The molecule has 0 amide bonds. The fourth-order valence-corrected chi connectivity index (χ4v) is 6.87. The average molecular weight is 634 g/mol. The Bertz CT molecular complexity index is 2070. The molecule has 2 aliphatic heterocycles. The first kappa shape index (κ1) is 30.7. The molecule has 0 saturated heterocycles. The predicted octanol–water partition coefficient (Wildman–Crippen LogP) is 6.96. The molecule has 238 valence electrons. The van der Waals surface area contributed by atoms with Gasteiger partial charge in [0.25, 0.3) is 0 Å². The number of carboxylic acids is 2. The molecule has 1 N–H and O–H groups in total. The van der Waals surface area contributed by atoms with Gasteiger partial charge in [-0.3, -0.25) is 0 Å². The van der Waals surface area contributed by atoms with Crippen molar-refractivity contribution in [1.82, 2.24) is 0 Å². The Hall–Kier alpha value is -5.95. The Morgan fingerprint density at radius 2 is 1.48 bits per heavy atom. The maximum atomic E-state index is 11.6. The molecule has 0 bridgehead atoms. The second-order valence-electron chi connectivity index (χ2n) is 12.3. The summed E-state index contributed by atoms with van der Waals surface area (Å²) in [6.45, 7) is 0. The summed E-state index contributed by atoms with van der Waals surface area (Å²) in [6, 6.07) is 31.3. The molecule has 3 aliphatic rings. The average Bonchev–Trinajstić information content (AvgIpc) is 3.75. The summed E-state index contributed by atoms with van der Waals surface area (Å²) in [5.74, 6) is -2.10. The smallest absolute Gasteiger partial charge is 0.335 e. The minimum absolute atomic E-state index is 0.176. The van der Waals surface area contributed by atoms with Crippen molar-refractivity contribution in [1.29, 1.82) is 0 Å². The second-order valence-corrected chi connectivity index (χ2v) is 12.3. The number of hydrogen-bond donors (Lipinski definition) is 1. The van der Waals surface area contributed by atoms with E-state index in [2.05, 4.69) is 87.2 Å². The van der Waals surface area contributed by atoms with Gasteiger partial charge in [0.2, 0.25) is 5.69 Å². The van der Waals surface area contributed by atoms with E-state index < -0.39 is 11.9 Å². The minimum atomic E-state index is -1.18. The van der Waals surface area contributed by atoms with Gasteiger partial charge in [0.15, 0.2) is 5.71 Å². The van der Waals surface area contributed by atoms with Crippen molar-refractivity contribution in [2.75, 3.05) is 23.9 Å². The monoisotopic (exact) mass is 633 g/mol. The van der Waals surface area contributed by atoms with Gasteiger partial charge in [0.05, 0.1) is 23.7 Å². The van der Waals surface area contributed by atoms with Crippen molar-refractivity contribution in [3.63, 3.8) is 0 Å². The van der Waals surface area contributed by atoms with Gasteiger partial charge < -0.3 is 24.8 Å². The van der Waals surface area contributed by atoms with E-state index >= 15 is 0 Å². The lowest BCUT2D eigenvalue weighted by molar-refractivity contribution is -0.400. The van der Waals surface area contributed by atoms with Crippen LogP contribution >= 0.6 is 0 Å². The van der Waals surface area contributed by atoms with Gasteiger partial charge in [0.1, 0.15) is 7.05 Å². The Morgan fingerprint density at radius 1 is 0.812 bits per heavy atom. The topological polar surface area (TPSA) is 86.9 Å². The molecule has 0 unspecified atom stereocenters. The third-order valence-electron chi connectivity index (χ3n) is 9.46. The number of carbonyl (C=O) groups excluding carboxylic acids is 1. The lowest BCUT2D eigenvalue weighted by atomic mass is 10.1. The third kappa shape index (κ3) is 5.75. The molecule has 7 rings (SSSR count). The summed E-state index contributed by atoms with van der Waals surface area (Å²) < 4.78 is 2.06. The molecular formula is C41H35N3O4. The zero-order chi connectivity index (χ0) is 33.4. The number of rotatable bonds is 8. The standard InChI is InChI=1S/C41H35N3O4/c1-42-35(23-29-15-17-31(40(45)46)25-37(29)42)21-19-27-13-14-28(20-22-36-24-30-16-18-32(41(47)48)26-38(30)43(36)2)39(27)44(33-9-5-3-6-10-33)34-11-7-4-8-12-34/h3-12,15-22,25-26H,13-14,23-24H2,1-2H3,(H-,45,46,47,48). The van der Waals surface area contributed by atoms with Gasteiger partial charge in [-0.15, -0.1) is 0 Å². The quantitative estimate of drug-likeness (QED) is 0.211. The largest absolute Gasteiger partial charge is 0.545 e. The number of carboxylic acid groups (broad SMARTS) is 2. The highest BCUT2D eigenvalue weighted by molar-refractivity contribution is 5.97. The number of aromatic carboxylic acids is 2. The zero-order valence-electron chi connectivity index (χ0n) is 26.9. The Kier molecular flexibility index (Phi) is 8.11. The molecule has 4 aromatic rings. The van der Waals surface area contributed by atoms with Crippen LogP contribution in [-0.2, 0) is 12.8 Å². The van der Waals surface area contributed by atoms with Crippen LogP contribution in [0.5, 0.6) is 0 Å². The van der Waals surface area contributed by atoms with Crippen LogP contribution in [0.15, 0.2) is 144 Å². The second kappa shape index (κ2) is 12.7. The van der Waals surface area contributed by atoms with E-state index in [0.717, 1.165) is 70.2 Å². The fraction of sp³-hybridized carbons (Fsp3) is 0.146. The Balaban J connectivity index is 1.31. The number of fused-ring (bicyclic) bond motifs is 2. The van der Waals surface area contributed by atoms with Crippen LogP contribution in [0.25, 0.3) is 0 Å². The number of allylic oxidation sites excluding steroid dienone is 7. The molecule has 48 heavy (non-hydrogen) atoms. The molecule has 0 saturated carbocycles. The third-order valence-corrected chi connectivity index (χ3v) is 9.46. The van der Waals surface area contributed by atoms with Crippen LogP contribution in [0, 0.1) is 0 Å². The van der Waals surface area contributed by atoms with Crippen LogP contribution in [-0.4, -0.2) is 41.4 Å². The number of benzene rings is 4. The molecular weight excluding hydrogens is 598 g/mol. The van der Waals surface area contributed by atoms with Gasteiger partial charge in [-0.2, -0.15) is 4.58 Å². The zero-order valence-corrected chi connectivity index (χ0v) is 26.9. The summed E-state index contributed by atoms with van der Waals surface area (Å²) in [4.78, 5) is 27.5. The Morgan fingerprint density at radius 3 is 2.15 bits per heavy atom. The van der Waals surface area contributed by atoms with Gasteiger partial charge in [-0.1, -0.05) is 66.7 Å². The van der Waals surface area contributed by atoms with E-state index in [9.17, 15) is 19.8 Å². The summed E-state index contributed by atoms with van der Waals surface area (Å²) in [5.41, 5.74) is 12.3. The van der Waals surface area contributed by atoms with Gasteiger partial charge in [0, 0.05) is 59.5 Å². The number of carbonyl (C=O) groups is 2. The van der Waals surface area contributed by atoms with E-state index in [-0.39, 0.29) is 11.1 Å². The molecule has 0 spiro atoms.